The fourth-order valence-electron chi connectivity index (χ4n) is 2.32. The number of carbonyl (C=O) groups excluding carboxylic acids is 1. The second-order valence-electron chi connectivity index (χ2n) is 6.99. The summed E-state index contributed by atoms with van der Waals surface area (Å²) in [5, 5.41) is 10.2. The Labute approximate surface area is 105 Å². The molecule has 0 amide bonds. The lowest BCUT2D eigenvalue weighted by Crippen LogP contribution is -2.51. The third-order valence-corrected chi connectivity index (χ3v) is 3.90. The molecular weight excluding hydrogens is 216 g/mol. The largest absolute Gasteiger partial charge is 0.461 e. The lowest BCUT2D eigenvalue weighted by atomic mass is 9.63. The van der Waals surface area contributed by atoms with Gasteiger partial charge in [0.1, 0.15) is 6.10 Å². The summed E-state index contributed by atoms with van der Waals surface area (Å²) in [6.45, 7) is 11.8. The maximum absolute atomic E-state index is 11.7. The molecule has 0 aromatic rings. The Morgan fingerprint density at radius 1 is 1.24 bits per heavy atom. The minimum absolute atomic E-state index is 0.0247. The maximum atomic E-state index is 11.7. The van der Waals surface area contributed by atoms with Crippen LogP contribution in [0.1, 0.15) is 54.4 Å². The van der Waals surface area contributed by atoms with Crippen molar-refractivity contribution in [1.29, 1.82) is 0 Å². The molecule has 1 rings (SSSR count). The Bertz CT molecular complexity index is 292. The lowest BCUT2D eigenvalue weighted by molar-refractivity contribution is -0.178. The van der Waals surface area contributed by atoms with Crippen molar-refractivity contribution in [3.8, 4) is 0 Å². The van der Waals surface area contributed by atoms with E-state index in [0.29, 0.717) is 0 Å². The first-order valence-electron chi connectivity index (χ1n) is 6.45. The molecule has 0 radical (unpaired) electrons. The van der Waals surface area contributed by atoms with Crippen molar-refractivity contribution in [1.82, 2.24) is 0 Å². The van der Waals surface area contributed by atoms with E-state index in [0.717, 1.165) is 12.8 Å². The van der Waals surface area contributed by atoms with Gasteiger partial charge in [0.25, 0.3) is 0 Å². The van der Waals surface area contributed by atoms with Crippen LogP contribution in [0.4, 0.5) is 0 Å². The molecule has 0 aliphatic heterocycles. The van der Waals surface area contributed by atoms with E-state index in [1.807, 2.05) is 27.7 Å². The van der Waals surface area contributed by atoms with E-state index in [1.54, 1.807) is 0 Å². The van der Waals surface area contributed by atoms with E-state index in [2.05, 4.69) is 13.8 Å². The van der Waals surface area contributed by atoms with E-state index in [-0.39, 0.29) is 28.8 Å². The molecule has 1 aliphatic rings. The third kappa shape index (κ3) is 3.21. The Morgan fingerprint density at radius 3 is 2.24 bits per heavy atom. The van der Waals surface area contributed by atoms with Crippen LogP contribution < -0.4 is 0 Å². The van der Waals surface area contributed by atoms with Crippen LogP contribution in [0.3, 0.4) is 0 Å². The molecule has 0 aromatic heterocycles. The summed E-state index contributed by atoms with van der Waals surface area (Å²) in [5.74, 6) is -0.291. The van der Waals surface area contributed by atoms with Crippen molar-refractivity contribution in [3.05, 3.63) is 0 Å². The fourth-order valence-corrected chi connectivity index (χ4v) is 2.32. The number of rotatable bonds is 2. The Morgan fingerprint density at radius 2 is 1.76 bits per heavy atom. The van der Waals surface area contributed by atoms with Gasteiger partial charge in [0.05, 0.1) is 12.0 Å². The van der Waals surface area contributed by atoms with Crippen molar-refractivity contribution in [2.75, 3.05) is 0 Å². The van der Waals surface area contributed by atoms with Crippen LogP contribution >= 0.6 is 0 Å². The van der Waals surface area contributed by atoms with Gasteiger partial charge in [-0.3, -0.25) is 4.79 Å². The zero-order valence-electron chi connectivity index (χ0n) is 11.9. The van der Waals surface area contributed by atoms with Crippen LogP contribution in [0.25, 0.3) is 0 Å². The maximum Gasteiger partial charge on any atom is 0.308 e. The molecule has 0 bridgehead atoms. The molecule has 0 saturated heterocycles. The Balaban J connectivity index is 2.83. The molecule has 0 aromatic carbocycles. The van der Waals surface area contributed by atoms with E-state index in [1.165, 1.54) is 0 Å². The van der Waals surface area contributed by atoms with Gasteiger partial charge in [0.15, 0.2) is 0 Å². The first-order chi connectivity index (χ1) is 7.56. The van der Waals surface area contributed by atoms with Crippen molar-refractivity contribution in [3.63, 3.8) is 0 Å². The number of hydrogen-bond donors (Lipinski definition) is 1. The number of ether oxygens (including phenoxy) is 1. The summed E-state index contributed by atoms with van der Waals surface area (Å²) < 4.78 is 5.58. The second-order valence-corrected chi connectivity index (χ2v) is 6.99. The van der Waals surface area contributed by atoms with Gasteiger partial charge in [-0.25, -0.2) is 0 Å². The predicted octanol–water partition coefficient (Wildman–Crippen LogP) is 2.76. The van der Waals surface area contributed by atoms with E-state index in [4.69, 9.17) is 4.74 Å². The van der Waals surface area contributed by atoms with Crippen LogP contribution in [-0.4, -0.2) is 23.3 Å². The molecule has 3 heteroatoms. The summed E-state index contributed by atoms with van der Waals surface area (Å²) in [7, 11) is 0. The van der Waals surface area contributed by atoms with Gasteiger partial charge in [-0.2, -0.15) is 0 Å². The van der Waals surface area contributed by atoms with Gasteiger partial charge in [-0.15, -0.1) is 0 Å². The van der Waals surface area contributed by atoms with Crippen LogP contribution in [-0.2, 0) is 9.53 Å². The average Bonchev–Trinajstić information content (AvgIpc) is 2.13. The minimum Gasteiger partial charge on any atom is -0.461 e. The number of carbonyl (C=O) groups is 1. The van der Waals surface area contributed by atoms with Crippen LogP contribution in [0.15, 0.2) is 0 Å². The zero-order valence-corrected chi connectivity index (χ0v) is 11.9. The highest BCUT2D eigenvalue weighted by molar-refractivity contribution is 5.71. The molecule has 1 N–H and O–H groups in total. The topological polar surface area (TPSA) is 46.5 Å². The van der Waals surface area contributed by atoms with Crippen molar-refractivity contribution >= 4 is 5.97 Å². The number of aliphatic hydroxyl groups is 1. The number of aliphatic hydroxyl groups excluding tert-OH is 1. The normalized spacial score (nSPS) is 31.3. The molecule has 0 unspecified atom stereocenters. The molecule has 1 aliphatic carbocycles. The molecule has 0 heterocycles. The van der Waals surface area contributed by atoms with Gasteiger partial charge in [-0.1, -0.05) is 41.5 Å². The predicted molar refractivity (Wildman–Crippen MR) is 67.5 cm³/mol. The smallest absolute Gasteiger partial charge is 0.308 e. The van der Waals surface area contributed by atoms with Crippen molar-refractivity contribution in [2.45, 2.75) is 66.6 Å². The van der Waals surface area contributed by atoms with Crippen molar-refractivity contribution < 1.29 is 14.6 Å². The molecule has 3 nitrogen and oxygen atoms in total. The summed E-state index contributed by atoms with van der Waals surface area (Å²) in [5.41, 5.74) is -0.336. The minimum atomic E-state index is -0.420. The quantitative estimate of drug-likeness (QED) is 0.757. The van der Waals surface area contributed by atoms with Crippen molar-refractivity contribution in [2.24, 2.45) is 16.7 Å². The van der Waals surface area contributed by atoms with Gasteiger partial charge < -0.3 is 9.84 Å². The molecule has 100 valence electrons. The molecule has 17 heavy (non-hydrogen) atoms. The fraction of sp³-hybridized carbons (Fsp3) is 0.929. The second kappa shape index (κ2) is 4.60. The summed E-state index contributed by atoms with van der Waals surface area (Å²) in [6.07, 6.45) is 0.956. The number of esters is 1. The highest BCUT2D eigenvalue weighted by Gasteiger charge is 2.48. The van der Waals surface area contributed by atoms with Crippen LogP contribution in [0, 0.1) is 16.7 Å². The Kier molecular flexibility index (Phi) is 3.92. The molecule has 2 atom stereocenters. The standard InChI is InChI=1S/C14H26O3/c1-9(2)12(16)17-11-8-13(3,4)7-10(15)14(11,5)6/h9-11,15H,7-8H2,1-6H3/t10-,11+/m1/s1. The van der Waals surface area contributed by atoms with E-state index < -0.39 is 6.10 Å². The summed E-state index contributed by atoms with van der Waals surface area (Å²) in [4.78, 5) is 11.7. The molecule has 1 saturated carbocycles. The van der Waals surface area contributed by atoms with E-state index in [9.17, 15) is 9.90 Å². The average molecular weight is 242 g/mol. The Hall–Kier alpha value is -0.570. The monoisotopic (exact) mass is 242 g/mol. The van der Waals surface area contributed by atoms with E-state index >= 15 is 0 Å². The van der Waals surface area contributed by atoms with Gasteiger partial charge in [0, 0.05) is 5.41 Å². The third-order valence-electron chi connectivity index (χ3n) is 3.90. The summed E-state index contributed by atoms with van der Waals surface area (Å²) >= 11 is 0. The lowest BCUT2D eigenvalue weighted by Gasteiger charge is -2.48. The highest BCUT2D eigenvalue weighted by Crippen LogP contribution is 2.46. The molecule has 1 fully saturated rings. The van der Waals surface area contributed by atoms with Crippen LogP contribution in [0.2, 0.25) is 0 Å². The number of hydrogen-bond acceptors (Lipinski definition) is 3. The van der Waals surface area contributed by atoms with Crippen LogP contribution in [0.5, 0.6) is 0 Å². The molecular formula is C14H26O3. The zero-order chi connectivity index (χ0) is 13.4. The first-order valence-corrected chi connectivity index (χ1v) is 6.45. The highest BCUT2D eigenvalue weighted by atomic mass is 16.5. The molecule has 0 spiro atoms. The van der Waals surface area contributed by atoms with Gasteiger partial charge in [-0.05, 0) is 18.3 Å². The SMILES string of the molecule is CC(C)C(=O)O[C@H]1CC(C)(C)C[C@@H](O)C1(C)C. The first kappa shape index (κ1) is 14.5. The van der Waals surface area contributed by atoms with Gasteiger partial charge >= 0.3 is 5.97 Å². The summed E-state index contributed by atoms with van der Waals surface area (Å²) in [6, 6.07) is 0. The van der Waals surface area contributed by atoms with Gasteiger partial charge in [0.2, 0.25) is 0 Å².